The highest BCUT2D eigenvalue weighted by Crippen LogP contribution is 2.32. The lowest BCUT2D eigenvalue weighted by Gasteiger charge is -2.11. The van der Waals surface area contributed by atoms with E-state index in [4.69, 9.17) is 22.1 Å². The average Bonchev–Trinajstić information content (AvgIpc) is 2.42. The van der Waals surface area contributed by atoms with E-state index in [1.807, 2.05) is 0 Å². The van der Waals surface area contributed by atoms with Crippen molar-refractivity contribution in [1.29, 1.82) is 0 Å². The molecule has 110 valence electrons. The number of nitrogens with one attached hydrogen (secondary N) is 1. The van der Waals surface area contributed by atoms with Gasteiger partial charge in [-0.05, 0) is 40.2 Å². The fourth-order valence-corrected chi connectivity index (χ4v) is 2.62. The topological polar surface area (TPSA) is 64.3 Å². The number of amides is 1. The second-order valence-corrected chi connectivity index (χ2v) is 5.41. The molecule has 0 heterocycles. The molecule has 2 aromatic carbocycles. The van der Waals surface area contributed by atoms with E-state index in [0.29, 0.717) is 10.2 Å². The van der Waals surface area contributed by atoms with Crippen LogP contribution in [0.4, 0.5) is 15.8 Å². The smallest absolute Gasteiger partial charge is 0.257 e. The third-order valence-electron chi connectivity index (χ3n) is 2.75. The van der Waals surface area contributed by atoms with Gasteiger partial charge in [-0.15, -0.1) is 0 Å². The van der Waals surface area contributed by atoms with Crippen molar-refractivity contribution >= 4 is 44.8 Å². The molecule has 3 N–H and O–H groups in total. The first-order chi connectivity index (χ1) is 9.92. The second kappa shape index (κ2) is 6.32. The zero-order valence-electron chi connectivity index (χ0n) is 10.9. The van der Waals surface area contributed by atoms with Crippen LogP contribution in [-0.2, 0) is 0 Å². The van der Waals surface area contributed by atoms with E-state index in [-0.39, 0.29) is 22.0 Å². The van der Waals surface area contributed by atoms with Crippen molar-refractivity contribution in [3.05, 3.63) is 51.2 Å². The molecule has 0 saturated carbocycles. The number of nitrogens with two attached hydrogens (primary N) is 1. The fourth-order valence-electron chi connectivity index (χ4n) is 1.72. The van der Waals surface area contributed by atoms with Crippen LogP contribution in [0.15, 0.2) is 34.8 Å². The number of halogens is 3. The summed E-state index contributed by atoms with van der Waals surface area (Å²) in [5.41, 5.74) is 6.61. The average molecular weight is 374 g/mol. The van der Waals surface area contributed by atoms with Gasteiger partial charge in [0, 0.05) is 16.2 Å². The van der Waals surface area contributed by atoms with Crippen molar-refractivity contribution in [2.24, 2.45) is 0 Å². The predicted octanol–water partition coefficient (Wildman–Crippen LogP) is 4.08. The van der Waals surface area contributed by atoms with Crippen LogP contribution in [0, 0.1) is 5.82 Å². The van der Waals surface area contributed by atoms with Crippen molar-refractivity contribution in [3.63, 3.8) is 0 Å². The van der Waals surface area contributed by atoms with Gasteiger partial charge in [-0.1, -0.05) is 11.6 Å². The van der Waals surface area contributed by atoms with Gasteiger partial charge in [0.1, 0.15) is 11.6 Å². The van der Waals surface area contributed by atoms with E-state index >= 15 is 0 Å². The molecule has 0 atom stereocenters. The second-order valence-electron chi connectivity index (χ2n) is 4.15. The molecule has 0 spiro atoms. The Morgan fingerprint density at radius 1 is 1.38 bits per heavy atom. The Labute approximate surface area is 134 Å². The fraction of sp³-hybridized carbons (Fsp3) is 0.0714. The SMILES string of the molecule is COc1ccc(C(=O)Nc2c(Cl)cc(F)cc2Br)c(N)c1. The minimum Gasteiger partial charge on any atom is -0.497 e. The Balaban J connectivity index is 2.30. The maximum atomic E-state index is 13.2. The van der Waals surface area contributed by atoms with Crippen LogP contribution < -0.4 is 15.8 Å². The quantitative estimate of drug-likeness (QED) is 0.797. The first kappa shape index (κ1) is 15.6. The highest BCUT2D eigenvalue weighted by atomic mass is 79.9. The molecule has 0 saturated heterocycles. The Hall–Kier alpha value is -1.79. The Morgan fingerprint density at radius 3 is 2.67 bits per heavy atom. The maximum absolute atomic E-state index is 13.2. The highest BCUT2D eigenvalue weighted by molar-refractivity contribution is 9.10. The minimum atomic E-state index is -0.506. The first-order valence-electron chi connectivity index (χ1n) is 5.81. The van der Waals surface area contributed by atoms with Crippen LogP contribution in [0.25, 0.3) is 0 Å². The number of hydrogen-bond donors (Lipinski definition) is 2. The number of anilines is 2. The van der Waals surface area contributed by atoms with Crippen molar-refractivity contribution in [1.82, 2.24) is 0 Å². The normalized spacial score (nSPS) is 10.3. The summed E-state index contributed by atoms with van der Waals surface area (Å²) in [6.45, 7) is 0. The van der Waals surface area contributed by atoms with Gasteiger partial charge in [0.25, 0.3) is 5.91 Å². The molecule has 1 amide bonds. The van der Waals surface area contributed by atoms with Gasteiger partial charge in [0.2, 0.25) is 0 Å². The molecule has 2 aromatic rings. The van der Waals surface area contributed by atoms with Crippen molar-refractivity contribution in [2.45, 2.75) is 0 Å². The number of hydrogen-bond acceptors (Lipinski definition) is 3. The summed E-state index contributed by atoms with van der Waals surface area (Å²) in [6.07, 6.45) is 0. The molecular formula is C14H11BrClFN2O2. The third kappa shape index (κ3) is 3.46. The molecule has 0 aliphatic rings. The number of rotatable bonds is 3. The highest BCUT2D eigenvalue weighted by Gasteiger charge is 2.15. The van der Waals surface area contributed by atoms with Crippen LogP contribution >= 0.6 is 27.5 Å². The number of benzene rings is 2. The Bertz CT molecular complexity index is 686. The lowest BCUT2D eigenvalue weighted by molar-refractivity contribution is 0.102. The van der Waals surface area contributed by atoms with E-state index in [1.165, 1.54) is 25.3 Å². The summed E-state index contributed by atoms with van der Waals surface area (Å²) in [6, 6.07) is 7.01. The number of carbonyl (C=O) groups excluding carboxylic acids is 1. The lowest BCUT2D eigenvalue weighted by Crippen LogP contribution is -2.15. The summed E-state index contributed by atoms with van der Waals surface area (Å²) in [5, 5.41) is 2.68. The van der Waals surface area contributed by atoms with Crippen LogP contribution in [0.2, 0.25) is 5.02 Å². The summed E-state index contributed by atoms with van der Waals surface area (Å²) < 4.78 is 18.5. The van der Waals surface area contributed by atoms with E-state index in [0.717, 1.165) is 6.07 Å². The monoisotopic (exact) mass is 372 g/mol. The van der Waals surface area contributed by atoms with Gasteiger partial charge in [0.05, 0.1) is 23.4 Å². The molecular weight excluding hydrogens is 363 g/mol. The lowest BCUT2D eigenvalue weighted by atomic mass is 10.1. The number of carbonyl (C=O) groups is 1. The molecule has 4 nitrogen and oxygen atoms in total. The van der Waals surface area contributed by atoms with Crippen molar-refractivity contribution in [3.8, 4) is 5.75 Å². The third-order valence-corrected chi connectivity index (χ3v) is 3.67. The molecule has 0 aliphatic carbocycles. The van der Waals surface area contributed by atoms with E-state index < -0.39 is 11.7 Å². The van der Waals surface area contributed by atoms with Crippen LogP contribution in [-0.4, -0.2) is 13.0 Å². The van der Waals surface area contributed by atoms with E-state index in [2.05, 4.69) is 21.2 Å². The van der Waals surface area contributed by atoms with E-state index in [9.17, 15) is 9.18 Å². The zero-order valence-corrected chi connectivity index (χ0v) is 13.3. The van der Waals surface area contributed by atoms with Crippen molar-refractivity contribution in [2.75, 3.05) is 18.2 Å². The first-order valence-corrected chi connectivity index (χ1v) is 6.99. The van der Waals surface area contributed by atoms with E-state index in [1.54, 1.807) is 6.07 Å². The number of nitrogen functional groups attached to an aromatic ring is 1. The molecule has 0 bridgehead atoms. The number of ether oxygens (including phenoxy) is 1. The van der Waals surface area contributed by atoms with Crippen LogP contribution in [0.1, 0.15) is 10.4 Å². The summed E-state index contributed by atoms with van der Waals surface area (Å²) in [5.74, 6) is -0.414. The summed E-state index contributed by atoms with van der Waals surface area (Å²) in [4.78, 5) is 12.2. The van der Waals surface area contributed by atoms with Crippen LogP contribution in [0.5, 0.6) is 5.75 Å². The molecule has 0 radical (unpaired) electrons. The molecule has 2 rings (SSSR count). The molecule has 21 heavy (non-hydrogen) atoms. The standard InChI is InChI=1S/C14H11BrClFN2O2/c1-21-8-2-3-9(12(18)6-8)14(20)19-13-10(15)4-7(17)5-11(13)16/h2-6H,18H2,1H3,(H,19,20). The van der Waals surface area contributed by atoms with Gasteiger partial charge in [-0.3, -0.25) is 4.79 Å². The van der Waals surface area contributed by atoms with Gasteiger partial charge < -0.3 is 15.8 Å². The summed E-state index contributed by atoms with van der Waals surface area (Å²) in [7, 11) is 1.50. The molecule has 0 unspecified atom stereocenters. The Morgan fingerprint density at radius 2 is 2.10 bits per heavy atom. The largest absolute Gasteiger partial charge is 0.497 e. The molecule has 0 aromatic heterocycles. The minimum absolute atomic E-state index is 0.0855. The summed E-state index contributed by atoms with van der Waals surface area (Å²) >= 11 is 9.07. The van der Waals surface area contributed by atoms with Gasteiger partial charge in [0.15, 0.2) is 0 Å². The van der Waals surface area contributed by atoms with Crippen molar-refractivity contribution < 1.29 is 13.9 Å². The van der Waals surface area contributed by atoms with Gasteiger partial charge in [-0.25, -0.2) is 4.39 Å². The van der Waals surface area contributed by atoms with Gasteiger partial charge in [-0.2, -0.15) is 0 Å². The predicted molar refractivity (Wildman–Crippen MR) is 84.5 cm³/mol. The Kier molecular flexibility index (Phi) is 4.69. The molecule has 7 heteroatoms. The van der Waals surface area contributed by atoms with Gasteiger partial charge >= 0.3 is 0 Å². The zero-order chi connectivity index (χ0) is 15.6. The molecule has 0 aliphatic heterocycles. The van der Waals surface area contributed by atoms with Crippen LogP contribution in [0.3, 0.4) is 0 Å². The molecule has 0 fully saturated rings. The number of methoxy groups -OCH3 is 1. The maximum Gasteiger partial charge on any atom is 0.257 e.